The van der Waals surface area contributed by atoms with Crippen molar-refractivity contribution in [3.05, 3.63) is 38.5 Å². The third-order valence-corrected chi connectivity index (χ3v) is 0.534. The van der Waals surface area contributed by atoms with Crippen LogP contribution in [0.15, 0.2) is 38.5 Å². The van der Waals surface area contributed by atoms with E-state index in [0.29, 0.717) is 5.57 Å². The predicted molar refractivity (Wildman–Crippen MR) is 49.3 cm³/mol. The third-order valence-electron chi connectivity index (χ3n) is 0.534. The fraction of sp³-hybridized carbons (Fsp3) is 0.222. The van der Waals surface area contributed by atoms with Crippen molar-refractivity contribution in [2.45, 2.75) is 6.92 Å². The largest absolute Gasteiger partial charge is 0.466 e. The Labute approximate surface area is 68.9 Å². The second-order valence-corrected chi connectivity index (χ2v) is 1.27. The van der Waals surface area contributed by atoms with Gasteiger partial charge < -0.3 is 4.74 Å². The fourth-order valence-corrected chi connectivity index (χ4v) is 0.174. The lowest BCUT2D eigenvalue weighted by molar-refractivity contribution is -0.136. The van der Waals surface area contributed by atoms with Crippen LogP contribution >= 0.6 is 0 Å². The van der Waals surface area contributed by atoms with Crippen molar-refractivity contribution in [2.24, 2.45) is 0 Å². The van der Waals surface area contributed by atoms with Crippen molar-refractivity contribution in [1.82, 2.24) is 0 Å². The number of esters is 1. The second kappa shape index (κ2) is 15.9. The molecule has 0 bridgehead atoms. The van der Waals surface area contributed by atoms with Gasteiger partial charge in [0.15, 0.2) is 0 Å². The third kappa shape index (κ3) is 17.7. The highest BCUT2D eigenvalue weighted by Crippen LogP contribution is 1.87. The fourth-order valence-electron chi connectivity index (χ4n) is 0.174. The van der Waals surface area contributed by atoms with Crippen molar-refractivity contribution in [3.63, 3.8) is 0 Å². The van der Waals surface area contributed by atoms with Gasteiger partial charge in [-0.1, -0.05) is 6.58 Å². The Morgan fingerprint density at radius 3 is 1.45 bits per heavy atom. The van der Waals surface area contributed by atoms with Gasteiger partial charge >= 0.3 is 5.97 Å². The molecule has 2 heteroatoms. The molecule has 0 spiro atoms. The van der Waals surface area contributed by atoms with E-state index in [1.165, 1.54) is 7.11 Å². The molecule has 0 saturated heterocycles. The molecule has 0 aromatic carbocycles. The Bertz CT molecular complexity index is 115. The smallest absolute Gasteiger partial charge is 0.332 e. The van der Waals surface area contributed by atoms with E-state index in [4.69, 9.17) is 0 Å². The second-order valence-electron chi connectivity index (χ2n) is 1.27. The van der Waals surface area contributed by atoms with Crippen molar-refractivity contribution >= 4 is 5.97 Å². The van der Waals surface area contributed by atoms with Gasteiger partial charge in [-0.05, 0) is 6.92 Å². The molecule has 0 heterocycles. The summed E-state index contributed by atoms with van der Waals surface area (Å²) in [5, 5.41) is 0. The summed E-state index contributed by atoms with van der Waals surface area (Å²) in [5.41, 5.74) is 0.433. The summed E-state index contributed by atoms with van der Waals surface area (Å²) >= 11 is 0. The Morgan fingerprint density at radius 2 is 1.45 bits per heavy atom. The molecule has 64 valence electrons. The minimum atomic E-state index is -0.347. The van der Waals surface area contributed by atoms with Crippen molar-refractivity contribution in [2.75, 3.05) is 7.11 Å². The van der Waals surface area contributed by atoms with E-state index < -0.39 is 0 Å². The van der Waals surface area contributed by atoms with Crippen molar-refractivity contribution < 1.29 is 9.53 Å². The van der Waals surface area contributed by atoms with E-state index >= 15 is 0 Å². The van der Waals surface area contributed by atoms with Gasteiger partial charge in [0.25, 0.3) is 0 Å². The van der Waals surface area contributed by atoms with E-state index in [9.17, 15) is 4.79 Å². The zero-order chi connectivity index (χ0) is 9.86. The molecule has 0 aromatic heterocycles. The van der Waals surface area contributed by atoms with E-state index in [2.05, 4.69) is 37.6 Å². The zero-order valence-corrected chi connectivity index (χ0v) is 7.35. The molecule has 0 aromatic rings. The molecule has 0 rings (SSSR count). The summed E-state index contributed by atoms with van der Waals surface area (Å²) < 4.78 is 4.27. The Balaban J connectivity index is -0.000000138. The Kier molecular flexibility index (Phi) is 23.6. The van der Waals surface area contributed by atoms with Crippen LogP contribution < -0.4 is 0 Å². The number of carbonyl (C=O) groups is 1. The molecule has 0 aliphatic rings. The summed E-state index contributed by atoms with van der Waals surface area (Å²) in [6, 6.07) is 0. The average Bonchev–Trinajstić information content (AvgIpc) is 2.10. The molecule has 2 nitrogen and oxygen atoms in total. The first-order valence-corrected chi connectivity index (χ1v) is 2.92. The average molecular weight is 156 g/mol. The molecular formula is C9H16O2. The lowest BCUT2D eigenvalue weighted by atomic mass is 10.4. The quantitative estimate of drug-likeness (QED) is 0.331. The monoisotopic (exact) mass is 156 g/mol. The molecule has 0 fully saturated rings. The van der Waals surface area contributed by atoms with Crippen LogP contribution in [0.3, 0.4) is 0 Å². The number of hydrogen-bond acceptors (Lipinski definition) is 2. The SMILES string of the molecule is C=C.C=C.C=C(C)C(=O)OC. The molecule has 0 aliphatic carbocycles. The summed E-state index contributed by atoms with van der Waals surface area (Å²) in [6.45, 7) is 17.0. The van der Waals surface area contributed by atoms with E-state index in [0.717, 1.165) is 0 Å². The minimum Gasteiger partial charge on any atom is -0.466 e. The van der Waals surface area contributed by atoms with Crippen LogP contribution in [0, 0.1) is 0 Å². The van der Waals surface area contributed by atoms with Crippen LogP contribution in [-0.4, -0.2) is 13.1 Å². The predicted octanol–water partition coefficient (Wildman–Crippen LogP) is 2.34. The number of methoxy groups -OCH3 is 1. The van der Waals surface area contributed by atoms with Gasteiger partial charge in [-0.3, -0.25) is 0 Å². The summed E-state index contributed by atoms with van der Waals surface area (Å²) in [6.07, 6.45) is 0. The highest BCUT2D eigenvalue weighted by atomic mass is 16.5. The first-order valence-electron chi connectivity index (χ1n) is 2.92. The maximum Gasteiger partial charge on any atom is 0.332 e. The first-order chi connectivity index (χ1) is 5.18. The number of carbonyl (C=O) groups excluding carboxylic acids is 1. The van der Waals surface area contributed by atoms with Gasteiger partial charge in [0, 0.05) is 5.57 Å². The number of hydrogen-bond donors (Lipinski definition) is 0. The van der Waals surface area contributed by atoms with Gasteiger partial charge in [0.1, 0.15) is 0 Å². The highest BCUT2D eigenvalue weighted by Gasteiger charge is 1.95. The standard InChI is InChI=1S/C5H8O2.2C2H4/c1-4(2)5(6)7-3;2*1-2/h1H2,2-3H3;2*1-2H2. The van der Waals surface area contributed by atoms with Gasteiger partial charge in [-0.2, -0.15) is 0 Å². The van der Waals surface area contributed by atoms with Gasteiger partial charge in [-0.15, -0.1) is 26.3 Å². The van der Waals surface area contributed by atoms with Gasteiger partial charge in [0.2, 0.25) is 0 Å². The number of ether oxygens (including phenoxy) is 1. The minimum absolute atomic E-state index is 0.347. The molecule has 0 saturated carbocycles. The molecule has 0 atom stereocenters. The number of rotatable bonds is 1. The summed E-state index contributed by atoms with van der Waals surface area (Å²) in [7, 11) is 1.33. The van der Waals surface area contributed by atoms with Crippen LogP contribution in [0.4, 0.5) is 0 Å². The molecule has 0 amide bonds. The van der Waals surface area contributed by atoms with Crippen LogP contribution in [0.5, 0.6) is 0 Å². The molecule has 0 radical (unpaired) electrons. The van der Waals surface area contributed by atoms with E-state index in [-0.39, 0.29) is 5.97 Å². The Hall–Kier alpha value is -1.31. The molecule has 0 unspecified atom stereocenters. The molecule has 0 aliphatic heterocycles. The maximum absolute atomic E-state index is 10.2. The van der Waals surface area contributed by atoms with Crippen molar-refractivity contribution in [1.29, 1.82) is 0 Å². The van der Waals surface area contributed by atoms with Crippen LogP contribution in [0.2, 0.25) is 0 Å². The summed E-state index contributed by atoms with van der Waals surface area (Å²) in [4.78, 5) is 10.2. The lowest BCUT2D eigenvalue weighted by Crippen LogP contribution is -1.98. The summed E-state index contributed by atoms with van der Waals surface area (Å²) in [5.74, 6) is -0.347. The topological polar surface area (TPSA) is 26.3 Å². The van der Waals surface area contributed by atoms with Crippen molar-refractivity contribution in [3.8, 4) is 0 Å². The van der Waals surface area contributed by atoms with Crippen LogP contribution in [0.1, 0.15) is 6.92 Å². The zero-order valence-electron chi connectivity index (χ0n) is 7.35. The van der Waals surface area contributed by atoms with Crippen LogP contribution in [-0.2, 0) is 9.53 Å². The van der Waals surface area contributed by atoms with E-state index in [1.807, 2.05) is 0 Å². The lowest BCUT2D eigenvalue weighted by Gasteiger charge is -1.91. The molecular weight excluding hydrogens is 140 g/mol. The van der Waals surface area contributed by atoms with Gasteiger partial charge in [0.05, 0.1) is 7.11 Å². The molecule has 0 N–H and O–H groups in total. The first kappa shape index (κ1) is 16.3. The highest BCUT2D eigenvalue weighted by molar-refractivity contribution is 5.86. The van der Waals surface area contributed by atoms with Gasteiger partial charge in [-0.25, -0.2) is 4.79 Å². The van der Waals surface area contributed by atoms with Crippen LogP contribution in [0.25, 0.3) is 0 Å². The molecule has 11 heavy (non-hydrogen) atoms. The maximum atomic E-state index is 10.2. The van der Waals surface area contributed by atoms with E-state index in [1.54, 1.807) is 6.92 Å². The normalized spacial score (nSPS) is 5.64. The Morgan fingerprint density at radius 1 is 1.18 bits per heavy atom.